The van der Waals surface area contributed by atoms with Gasteiger partial charge in [-0.15, -0.1) is 23.2 Å². The number of likely N-dealkylation sites (N-methyl/N-ethyl adjacent to an activating group) is 1. The van der Waals surface area contributed by atoms with Crippen LogP contribution in [-0.2, 0) is 37.5 Å². The molecule has 1 fully saturated rings. The number of rotatable bonds is 10. The van der Waals surface area contributed by atoms with E-state index in [-0.39, 0.29) is 59.9 Å². The molecule has 0 amide bonds. The van der Waals surface area contributed by atoms with Crippen molar-refractivity contribution in [2.24, 2.45) is 5.73 Å². The minimum atomic E-state index is -1.50. The van der Waals surface area contributed by atoms with Crippen LogP contribution in [0.2, 0.25) is 0 Å². The van der Waals surface area contributed by atoms with E-state index in [0.29, 0.717) is 29.3 Å². The van der Waals surface area contributed by atoms with Crippen molar-refractivity contribution in [1.82, 2.24) is 4.90 Å². The Morgan fingerprint density at radius 3 is 2.10 bits per heavy atom. The van der Waals surface area contributed by atoms with Gasteiger partial charge >= 0.3 is 5.97 Å². The minimum absolute atomic E-state index is 0. The summed E-state index contributed by atoms with van der Waals surface area (Å²) in [6.07, 6.45) is -3.97. The highest BCUT2D eigenvalue weighted by molar-refractivity contribution is 7.59. The molecule has 4 aliphatic rings. The zero-order valence-corrected chi connectivity index (χ0v) is 38.1. The first-order chi connectivity index (χ1) is 29.0. The number of benzene rings is 3. The average molecular weight is 941 g/mol. The van der Waals surface area contributed by atoms with Crippen molar-refractivity contribution in [3.05, 3.63) is 80.9 Å². The number of carbonyl (C=O) groups is 4. The van der Waals surface area contributed by atoms with Gasteiger partial charge in [0.25, 0.3) is 5.97 Å². The summed E-state index contributed by atoms with van der Waals surface area (Å²) in [5.74, 6) is -3.30. The van der Waals surface area contributed by atoms with E-state index in [4.69, 9.17) is 58.2 Å². The number of aliphatic carboxylic acids is 2. The molecule has 0 aromatic heterocycles. The van der Waals surface area contributed by atoms with Crippen LogP contribution in [0, 0.1) is 0 Å². The Labute approximate surface area is 381 Å². The molecule has 0 unspecified atom stereocenters. The summed E-state index contributed by atoms with van der Waals surface area (Å²) < 4.78 is 17.4. The van der Waals surface area contributed by atoms with Crippen molar-refractivity contribution < 1.29 is 69.1 Å². The quantitative estimate of drug-likeness (QED) is 0.106. The predicted molar refractivity (Wildman–Crippen MR) is 237 cm³/mol. The highest BCUT2D eigenvalue weighted by Crippen LogP contribution is 2.54. The molecule has 8 atom stereocenters. The van der Waals surface area contributed by atoms with Crippen LogP contribution >= 0.6 is 36.7 Å². The summed E-state index contributed by atoms with van der Waals surface area (Å²) in [4.78, 5) is 51.3. The maximum atomic E-state index is 14.1. The lowest BCUT2D eigenvalue weighted by Crippen LogP contribution is -2.68. The van der Waals surface area contributed by atoms with Crippen LogP contribution in [0.15, 0.2) is 36.4 Å². The molecule has 2 aliphatic heterocycles. The number of aliphatic hydroxyl groups is 3. The van der Waals surface area contributed by atoms with Crippen LogP contribution in [-0.4, -0.2) is 146 Å². The number of fused-ring (bicyclic) bond motifs is 8. The lowest BCUT2D eigenvalue weighted by atomic mass is 9.72. The summed E-state index contributed by atoms with van der Waals surface area (Å²) in [7, 11) is 4.80. The van der Waals surface area contributed by atoms with Crippen molar-refractivity contribution in [3.63, 3.8) is 0 Å². The lowest BCUT2D eigenvalue weighted by Gasteiger charge is -2.53. The molecule has 0 radical (unpaired) electrons. The Morgan fingerprint density at radius 2 is 1.57 bits per heavy atom. The van der Waals surface area contributed by atoms with Crippen LogP contribution in [0.1, 0.15) is 87.4 Å². The predicted octanol–water partition coefficient (Wildman–Crippen LogP) is 3.00. The molecule has 346 valence electrons. The van der Waals surface area contributed by atoms with Gasteiger partial charge in [-0.1, -0.05) is 12.1 Å². The van der Waals surface area contributed by atoms with Crippen molar-refractivity contribution in [1.29, 1.82) is 0 Å². The second kappa shape index (κ2) is 20.3. The van der Waals surface area contributed by atoms with E-state index in [2.05, 4.69) is 4.90 Å². The number of nitrogens with zero attached hydrogens (tertiary/aromatic N) is 2. The molecular weight excluding hydrogens is 885 g/mol. The van der Waals surface area contributed by atoms with Crippen LogP contribution in [0.25, 0.3) is 0 Å². The van der Waals surface area contributed by atoms with E-state index in [0.717, 1.165) is 31.3 Å². The monoisotopic (exact) mass is 939 g/mol. The molecule has 0 spiro atoms. The molecule has 9 N–H and O–H groups in total. The maximum Gasteiger partial charge on any atom is 0.320 e. The van der Waals surface area contributed by atoms with Crippen molar-refractivity contribution >= 4 is 65.9 Å². The number of phenolic OH excluding ortho intramolecular Hbond substituents is 2. The lowest BCUT2D eigenvalue weighted by molar-refractivity contribution is -0.311. The van der Waals surface area contributed by atoms with E-state index < -0.39 is 82.9 Å². The molecule has 17 nitrogen and oxygen atoms in total. The van der Waals surface area contributed by atoms with E-state index in [1.54, 1.807) is 32.8 Å². The zero-order chi connectivity index (χ0) is 46.2. The van der Waals surface area contributed by atoms with Crippen LogP contribution < -0.4 is 15.4 Å². The largest absolute Gasteiger partial charge is 0.507 e. The Balaban J connectivity index is 0.000000306. The minimum Gasteiger partial charge on any atom is -0.507 e. The first-order valence-electron chi connectivity index (χ1n) is 19.7. The maximum absolute atomic E-state index is 14.1. The SMILES string of the molecule is CC(=O)O.CO[C@@H]1C[C@](C)(O)Cc2cc3c(c(O)c21)C(=O)c1c(O)cc2c(c1C3=O)O[C@@H]1O[C@@]2(C)[C@H](O)[C@@H](N(C)C)[C@@H]1O.N[C@@H](Cc1ccc(N(CCCl)CCCl)cc1)C(=O)O.S. The van der Waals surface area contributed by atoms with Gasteiger partial charge in [-0.2, -0.15) is 13.5 Å². The molecule has 2 heterocycles. The molecule has 7 rings (SSSR count). The molecule has 20 heteroatoms. The second-order valence-corrected chi connectivity index (χ2v) is 17.1. The Kier molecular flexibility index (Phi) is 16.6. The van der Waals surface area contributed by atoms with Gasteiger partial charge in [0, 0.05) is 74.1 Å². The smallest absolute Gasteiger partial charge is 0.320 e. The number of nitrogens with two attached hydrogens (primary N) is 1. The number of hydrogen-bond donors (Lipinski definition) is 8. The third kappa shape index (κ3) is 10.2. The van der Waals surface area contributed by atoms with E-state index >= 15 is 0 Å². The molecule has 2 bridgehead atoms. The van der Waals surface area contributed by atoms with Gasteiger partial charge in [0.2, 0.25) is 12.1 Å². The molecule has 3 aromatic rings. The number of ketones is 2. The normalized spacial score (nSPS) is 25.5. The zero-order valence-electron chi connectivity index (χ0n) is 35.6. The van der Waals surface area contributed by atoms with E-state index in [1.807, 2.05) is 24.3 Å². The highest BCUT2D eigenvalue weighted by atomic mass is 35.5. The number of phenols is 2. The number of anilines is 1. The summed E-state index contributed by atoms with van der Waals surface area (Å²) >= 11 is 11.5. The Morgan fingerprint density at radius 1 is 0.984 bits per heavy atom. The van der Waals surface area contributed by atoms with Crippen LogP contribution in [0.3, 0.4) is 0 Å². The molecule has 1 saturated heterocycles. The number of ether oxygens (including phenoxy) is 3. The fourth-order valence-corrected chi connectivity index (χ4v) is 8.93. The van der Waals surface area contributed by atoms with E-state index in [1.165, 1.54) is 19.2 Å². The molecule has 2 aliphatic carbocycles. The third-order valence-corrected chi connectivity index (χ3v) is 11.8. The van der Waals surface area contributed by atoms with Crippen LogP contribution in [0.4, 0.5) is 5.69 Å². The van der Waals surface area contributed by atoms with Gasteiger partial charge in [-0.3, -0.25) is 19.2 Å². The van der Waals surface area contributed by atoms with Gasteiger partial charge in [-0.05, 0) is 69.8 Å². The number of methoxy groups -OCH3 is 1. The number of alkyl halides is 2. The van der Waals surface area contributed by atoms with Crippen molar-refractivity contribution in [3.8, 4) is 17.2 Å². The van der Waals surface area contributed by atoms with Gasteiger partial charge in [-0.25, -0.2) is 0 Å². The topological polar surface area (TPSA) is 270 Å². The number of halogens is 2. The van der Waals surface area contributed by atoms with Gasteiger partial charge in [0.1, 0.15) is 41.1 Å². The molecule has 0 saturated carbocycles. The number of carboxylic acid groups (broad SMARTS) is 2. The number of carboxylic acids is 2. The fourth-order valence-electron chi connectivity index (χ4n) is 8.52. The highest BCUT2D eigenvalue weighted by Gasteiger charge is 2.59. The second-order valence-electron chi connectivity index (χ2n) is 16.3. The average Bonchev–Trinajstić information content (AvgIpc) is 3.18. The summed E-state index contributed by atoms with van der Waals surface area (Å²) in [5, 5.41) is 71.5. The number of aromatic hydroxyl groups is 2. The third-order valence-electron chi connectivity index (χ3n) is 11.4. The number of aliphatic hydroxyl groups excluding tert-OH is 2. The van der Waals surface area contributed by atoms with Gasteiger partial charge in [0.05, 0.1) is 34.4 Å². The molecular formula is C43H55Cl2N3O14S. The molecule has 63 heavy (non-hydrogen) atoms. The summed E-state index contributed by atoms with van der Waals surface area (Å²) in [6.45, 7) is 5.73. The van der Waals surface area contributed by atoms with Crippen molar-refractivity contribution in [2.75, 3.05) is 51.0 Å². The fraction of sp³-hybridized carbons (Fsp3) is 0.488. The van der Waals surface area contributed by atoms with Crippen LogP contribution in [0.5, 0.6) is 17.2 Å². The van der Waals surface area contributed by atoms with Gasteiger partial charge in [0.15, 0.2) is 5.78 Å². The van der Waals surface area contributed by atoms with E-state index in [9.17, 15) is 39.9 Å². The number of hydrogen-bond acceptors (Lipinski definition) is 15. The standard InChI is InChI=1S/C28H31NO10.C13H18Cl2N2O2.C2H4O2.H2S/c1-27(36)8-10-6-11-16(21(32)15(10)14(9-27)37-5)22(33)17-13(30)7-12-24(18(17)20(11)31)38-26-23(34)19(29(3)4)25(35)28(12,2)39-26;14-5-7-17(8-6-15)11-3-1-10(2-4-11)9-12(16)13(18)19;1-2(3)4;/h6-7,14,19,23,25-26,30,32,34-36H,8-9H2,1-5H3;1-4,12H,5-9,16H2,(H,18,19);1H3,(H,3,4);1H2/t14-,19+,23+,25-,26-,27-,28-;12-;;/m10../s1. The summed E-state index contributed by atoms with van der Waals surface area (Å²) in [5.41, 5.74) is 4.70. The van der Waals surface area contributed by atoms with Gasteiger partial charge < -0.3 is 65.5 Å². The number of carbonyl (C=O) groups excluding carboxylic acids is 2. The Hall–Kier alpha value is -4.21. The molecule has 3 aromatic carbocycles. The summed E-state index contributed by atoms with van der Waals surface area (Å²) in [6, 6.07) is 8.67. The Bertz CT molecular complexity index is 2200. The first-order valence-corrected chi connectivity index (χ1v) is 20.7. The first kappa shape index (κ1) is 51.4. The van der Waals surface area contributed by atoms with Crippen molar-refractivity contribution in [2.45, 2.75) is 87.9 Å².